The number of aromatic nitrogens is 3. The fourth-order valence-electron chi connectivity index (χ4n) is 1.42. The summed E-state index contributed by atoms with van der Waals surface area (Å²) in [4.78, 5) is 22.7. The summed E-state index contributed by atoms with van der Waals surface area (Å²) >= 11 is 1.22. The van der Waals surface area contributed by atoms with Crippen molar-refractivity contribution in [3.63, 3.8) is 0 Å². The molecular formula is C9H14N4O3S. The number of hydrogen-bond donors (Lipinski definition) is 3. The molecule has 7 nitrogen and oxygen atoms in total. The highest BCUT2D eigenvalue weighted by Crippen LogP contribution is 2.35. The van der Waals surface area contributed by atoms with Crippen molar-refractivity contribution in [2.24, 2.45) is 0 Å². The summed E-state index contributed by atoms with van der Waals surface area (Å²) in [5.74, 6) is 0.0126. The largest absolute Gasteiger partial charge is 0.395 e. The van der Waals surface area contributed by atoms with Gasteiger partial charge in [-0.1, -0.05) is 11.8 Å². The van der Waals surface area contributed by atoms with Gasteiger partial charge in [0.05, 0.1) is 12.4 Å². The fourth-order valence-corrected chi connectivity index (χ4v) is 2.27. The molecule has 1 amide bonds. The highest BCUT2D eigenvalue weighted by Gasteiger charge is 2.28. The maximum atomic E-state index is 11.4. The van der Waals surface area contributed by atoms with E-state index in [4.69, 9.17) is 5.11 Å². The Morgan fingerprint density at radius 2 is 2.41 bits per heavy atom. The third kappa shape index (κ3) is 3.10. The zero-order valence-corrected chi connectivity index (χ0v) is 10.00. The molecule has 0 unspecified atom stereocenters. The molecule has 1 aliphatic rings. The summed E-state index contributed by atoms with van der Waals surface area (Å²) in [6.07, 6.45) is 1.98. The number of aliphatic hydroxyl groups excluding tert-OH is 1. The van der Waals surface area contributed by atoms with Crippen molar-refractivity contribution in [1.82, 2.24) is 20.1 Å². The average molecular weight is 258 g/mol. The standard InChI is InChI=1S/C9H14N4O3S/c14-4-3-10-7(15)5-17-9-12-11-8(16)13(9)6-1-2-6/h6,14H,1-5H2,(H,10,15)(H,11,16). The normalized spacial score (nSPS) is 14.9. The van der Waals surface area contributed by atoms with Crippen LogP contribution in [-0.2, 0) is 4.79 Å². The van der Waals surface area contributed by atoms with E-state index in [9.17, 15) is 9.59 Å². The highest BCUT2D eigenvalue weighted by atomic mass is 32.2. The van der Waals surface area contributed by atoms with Crippen LogP contribution in [0.3, 0.4) is 0 Å². The molecule has 1 aliphatic carbocycles. The molecule has 17 heavy (non-hydrogen) atoms. The monoisotopic (exact) mass is 258 g/mol. The minimum atomic E-state index is -0.217. The van der Waals surface area contributed by atoms with Crippen LogP contribution in [0.5, 0.6) is 0 Å². The maximum absolute atomic E-state index is 11.4. The number of carbonyl (C=O) groups is 1. The fraction of sp³-hybridized carbons (Fsp3) is 0.667. The first-order valence-electron chi connectivity index (χ1n) is 5.39. The van der Waals surface area contributed by atoms with Crippen LogP contribution >= 0.6 is 11.8 Å². The van der Waals surface area contributed by atoms with E-state index in [0.29, 0.717) is 5.16 Å². The van der Waals surface area contributed by atoms with Gasteiger partial charge in [-0.3, -0.25) is 9.36 Å². The lowest BCUT2D eigenvalue weighted by molar-refractivity contribution is -0.118. The van der Waals surface area contributed by atoms with E-state index in [2.05, 4.69) is 15.5 Å². The number of aromatic amines is 1. The first-order valence-corrected chi connectivity index (χ1v) is 6.38. The molecule has 0 bridgehead atoms. The van der Waals surface area contributed by atoms with Crippen molar-refractivity contribution in [2.45, 2.75) is 24.0 Å². The summed E-state index contributed by atoms with van der Waals surface area (Å²) in [5, 5.41) is 17.9. The number of H-pyrrole nitrogens is 1. The zero-order chi connectivity index (χ0) is 12.3. The molecule has 0 atom stereocenters. The lowest BCUT2D eigenvalue weighted by Gasteiger charge is -2.03. The third-order valence-corrected chi connectivity index (χ3v) is 3.30. The van der Waals surface area contributed by atoms with Gasteiger partial charge >= 0.3 is 5.69 Å². The van der Waals surface area contributed by atoms with Crippen LogP contribution in [0.15, 0.2) is 9.95 Å². The van der Waals surface area contributed by atoms with Gasteiger partial charge in [0.25, 0.3) is 0 Å². The summed E-state index contributed by atoms with van der Waals surface area (Å²) in [6, 6.07) is 0.240. The highest BCUT2D eigenvalue weighted by molar-refractivity contribution is 7.99. The molecule has 1 aromatic heterocycles. The molecule has 8 heteroatoms. The molecule has 0 spiro atoms. The molecule has 1 saturated carbocycles. The summed E-state index contributed by atoms with van der Waals surface area (Å²) < 4.78 is 1.60. The Labute approximate surface area is 102 Å². The lowest BCUT2D eigenvalue weighted by Crippen LogP contribution is -2.28. The molecule has 1 aromatic rings. The van der Waals surface area contributed by atoms with Gasteiger partial charge in [0.1, 0.15) is 0 Å². The van der Waals surface area contributed by atoms with E-state index in [1.165, 1.54) is 11.8 Å². The SMILES string of the molecule is O=C(CSc1n[nH]c(=O)n1C1CC1)NCCO. The van der Waals surface area contributed by atoms with E-state index in [1.54, 1.807) is 4.57 Å². The zero-order valence-electron chi connectivity index (χ0n) is 9.18. The van der Waals surface area contributed by atoms with Crippen LogP contribution in [0.2, 0.25) is 0 Å². The van der Waals surface area contributed by atoms with Crippen LogP contribution in [0.4, 0.5) is 0 Å². The molecule has 0 aromatic carbocycles. The van der Waals surface area contributed by atoms with Crippen molar-refractivity contribution in [3.05, 3.63) is 10.5 Å². The van der Waals surface area contributed by atoms with Gasteiger partial charge in [0.15, 0.2) is 5.16 Å². The Morgan fingerprint density at radius 1 is 1.65 bits per heavy atom. The summed E-state index contributed by atoms with van der Waals surface area (Å²) in [7, 11) is 0. The topological polar surface area (TPSA) is 100 Å². The third-order valence-electron chi connectivity index (χ3n) is 2.35. The summed E-state index contributed by atoms with van der Waals surface area (Å²) in [6.45, 7) is 0.168. The number of nitrogens with zero attached hydrogens (tertiary/aromatic N) is 2. The first-order chi connectivity index (χ1) is 8.22. The van der Waals surface area contributed by atoms with Gasteiger partial charge in [-0.15, -0.1) is 5.10 Å². The average Bonchev–Trinajstić information content (AvgIpc) is 3.08. The molecule has 1 heterocycles. The van der Waals surface area contributed by atoms with Gasteiger partial charge in [0, 0.05) is 12.6 Å². The predicted octanol–water partition coefficient (Wildman–Crippen LogP) is -0.893. The molecule has 94 valence electrons. The quantitative estimate of drug-likeness (QED) is 0.575. The van der Waals surface area contributed by atoms with E-state index in [1.807, 2.05) is 0 Å². The van der Waals surface area contributed by atoms with E-state index >= 15 is 0 Å². The first kappa shape index (κ1) is 12.2. The van der Waals surface area contributed by atoms with E-state index in [0.717, 1.165) is 12.8 Å². The van der Waals surface area contributed by atoms with Gasteiger partial charge in [0.2, 0.25) is 5.91 Å². The smallest absolute Gasteiger partial charge is 0.344 e. The number of rotatable bonds is 6. The molecule has 0 radical (unpaired) electrons. The molecular weight excluding hydrogens is 244 g/mol. The molecule has 1 fully saturated rings. The number of aliphatic hydroxyl groups is 1. The lowest BCUT2D eigenvalue weighted by atomic mass is 10.6. The number of carbonyl (C=O) groups excluding carboxylic acids is 1. The van der Waals surface area contributed by atoms with Gasteiger partial charge in [-0.2, -0.15) is 0 Å². The van der Waals surface area contributed by atoms with Crippen LogP contribution in [-0.4, -0.2) is 44.7 Å². The van der Waals surface area contributed by atoms with Crippen LogP contribution in [0, 0.1) is 0 Å². The molecule has 3 N–H and O–H groups in total. The Morgan fingerprint density at radius 3 is 3.06 bits per heavy atom. The van der Waals surface area contributed by atoms with E-state index < -0.39 is 0 Å². The minimum Gasteiger partial charge on any atom is -0.395 e. The molecule has 2 rings (SSSR count). The summed E-state index contributed by atoms with van der Waals surface area (Å²) in [5.41, 5.74) is -0.217. The van der Waals surface area contributed by atoms with Crippen LogP contribution in [0.1, 0.15) is 18.9 Å². The maximum Gasteiger partial charge on any atom is 0.344 e. The Hall–Kier alpha value is -1.28. The van der Waals surface area contributed by atoms with E-state index in [-0.39, 0.29) is 36.5 Å². The Kier molecular flexibility index (Phi) is 3.85. The van der Waals surface area contributed by atoms with Gasteiger partial charge < -0.3 is 10.4 Å². The number of nitrogens with one attached hydrogen (secondary N) is 2. The van der Waals surface area contributed by atoms with Crippen molar-refractivity contribution in [1.29, 1.82) is 0 Å². The van der Waals surface area contributed by atoms with Crippen molar-refractivity contribution in [3.8, 4) is 0 Å². The number of hydrogen-bond acceptors (Lipinski definition) is 5. The van der Waals surface area contributed by atoms with Crippen molar-refractivity contribution in [2.75, 3.05) is 18.9 Å². The molecule has 0 aliphatic heterocycles. The van der Waals surface area contributed by atoms with Crippen LogP contribution < -0.4 is 11.0 Å². The number of thioether (sulfide) groups is 1. The Balaban J connectivity index is 1.90. The molecule has 0 saturated heterocycles. The second kappa shape index (κ2) is 5.37. The second-order valence-corrected chi connectivity index (χ2v) is 4.72. The van der Waals surface area contributed by atoms with Crippen LogP contribution in [0.25, 0.3) is 0 Å². The van der Waals surface area contributed by atoms with Gasteiger partial charge in [-0.05, 0) is 12.8 Å². The minimum absolute atomic E-state index is 0.0778. The number of amides is 1. The predicted molar refractivity (Wildman–Crippen MR) is 61.9 cm³/mol. The Bertz CT molecular complexity index is 451. The van der Waals surface area contributed by atoms with Crippen molar-refractivity contribution >= 4 is 17.7 Å². The van der Waals surface area contributed by atoms with Gasteiger partial charge in [-0.25, -0.2) is 9.89 Å². The second-order valence-electron chi connectivity index (χ2n) is 3.77. The van der Waals surface area contributed by atoms with Crippen molar-refractivity contribution < 1.29 is 9.90 Å².